The molecule has 2 fully saturated rings. The first-order valence-corrected chi connectivity index (χ1v) is 11.1. The van der Waals surface area contributed by atoms with E-state index in [2.05, 4.69) is 41.4 Å². The van der Waals surface area contributed by atoms with Crippen molar-refractivity contribution in [2.24, 2.45) is 5.92 Å². The van der Waals surface area contributed by atoms with Crippen LogP contribution >= 0.6 is 0 Å². The minimum atomic E-state index is -0.101. The fourth-order valence-corrected chi connectivity index (χ4v) is 4.47. The smallest absolute Gasteiger partial charge is 0.251 e. The van der Waals surface area contributed by atoms with E-state index in [1.165, 1.54) is 18.5 Å². The Kier molecular flexibility index (Phi) is 6.07. The molecule has 0 radical (unpaired) electrons. The minimum absolute atomic E-state index is 0.0772. The Hall–Kier alpha value is -2.82. The van der Waals surface area contributed by atoms with E-state index in [0.717, 1.165) is 43.2 Å². The van der Waals surface area contributed by atoms with Crippen LogP contribution in [-0.4, -0.2) is 31.4 Å². The third-order valence-corrected chi connectivity index (χ3v) is 6.28. The van der Waals surface area contributed by atoms with Gasteiger partial charge in [-0.15, -0.1) is 0 Å². The summed E-state index contributed by atoms with van der Waals surface area (Å²) in [5.41, 5.74) is 3.83. The number of anilines is 2. The average molecular weight is 406 g/mol. The van der Waals surface area contributed by atoms with E-state index in [-0.39, 0.29) is 17.9 Å². The van der Waals surface area contributed by atoms with Crippen LogP contribution in [0.5, 0.6) is 0 Å². The minimum Gasteiger partial charge on any atom is -0.371 e. The standard InChI is InChI=1S/C25H31N3O2/c1-18-5-3-15-27(17-18)22-11-7-20(8-12-22)19(2)26-25(30)21-9-13-23(14-10-21)28-16-4-6-24(28)29/h7-14,18-19H,3-6,15-17H2,1-2H3,(H,26,30)/t18-,19+/m0/s1. The van der Waals surface area contributed by atoms with Crippen LogP contribution in [0.15, 0.2) is 48.5 Å². The number of piperidine rings is 1. The SMILES string of the molecule is C[C@H]1CCCN(c2ccc([C@@H](C)NC(=O)c3ccc(N4CCCC4=O)cc3)cc2)C1. The highest BCUT2D eigenvalue weighted by Gasteiger charge is 2.22. The van der Waals surface area contributed by atoms with Crippen molar-refractivity contribution < 1.29 is 9.59 Å². The number of rotatable bonds is 5. The molecule has 2 aliphatic rings. The van der Waals surface area contributed by atoms with Crippen LogP contribution in [0.25, 0.3) is 0 Å². The van der Waals surface area contributed by atoms with Crippen molar-refractivity contribution in [3.05, 3.63) is 59.7 Å². The summed E-state index contributed by atoms with van der Waals surface area (Å²) in [7, 11) is 0. The Morgan fingerprint density at radius 2 is 1.70 bits per heavy atom. The summed E-state index contributed by atoms with van der Waals surface area (Å²) in [4.78, 5) is 28.8. The first-order chi connectivity index (χ1) is 14.5. The Labute approximate surface area is 179 Å². The molecule has 2 atom stereocenters. The van der Waals surface area contributed by atoms with E-state index in [4.69, 9.17) is 0 Å². The fourth-order valence-electron chi connectivity index (χ4n) is 4.47. The monoisotopic (exact) mass is 405 g/mol. The van der Waals surface area contributed by atoms with E-state index < -0.39 is 0 Å². The van der Waals surface area contributed by atoms with E-state index in [0.29, 0.717) is 12.0 Å². The molecule has 2 saturated heterocycles. The Morgan fingerprint density at radius 3 is 2.33 bits per heavy atom. The highest BCUT2D eigenvalue weighted by Crippen LogP contribution is 2.25. The van der Waals surface area contributed by atoms with Gasteiger partial charge < -0.3 is 15.1 Å². The van der Waals surface area contributed by atoms with Crippen molar-refractivity contribution in [3.63, 3.8) is 0 Å². The lowest BCUT2D eigenvalue weighted by atomic mass is 9.99. The number of benzene rings is 2. The second-order valence-corrected chi connectivity index (χ2v) is 8.68. The van der Waals surface area contributed by atoms with Gasteiger partial charge >= 0.3 is 0 Å². The summed E-state index contributed by atoms with van der Waals surface area (Å²) in [5.74, 6) is 0.797. The van der Waals surface area contributed by atoms with Crippen LogP contribution in [0.2, 0.25) is 0 Å². The molecule has 0 aliphatic carbocycles. The van der Waals surface area contributed by atoms with E-state index >= 15 is 0 Å². The van der Waals surface area contributed by atoms with Crippen LogP contribution in [0.4, 0.5) is 11.4 Å². The highest BCUT2D eigenvalue weighted by molar-refractivity contribution is 5.97. The molecule has 30 heavy (non-hydrogen) atoms. The molecule has 2 aromatic carbocycles. The molecule has 4 rings (SSSR count). The molecule has 2 aliphatic heterocycles. The maximum absolute atomic E-state index is 12.7. The van der Waals surface area contributed by atoms with Gasteiger partial charge in [-0.2, -0.15) is 0 Å². The van der Waals surface area contributed by atoms with E-state index in [9.17, 15) is 9.59 Å². The quantitative estimate of drug-likeness (QED) is 0.795. The zero-order valence-corrected chi connectivity index (χ0v) is 17.9. The number of carbonyl (C=O) groups excluding carboxylic acids is 2. The Balaban J connectivity index is 1.36. The Morgan fingerprint density at radius 1 is 1.00 bits per heavy atom. The number of carbonyl (C=O) groups is 2. The zero-order chi connectivity index (χ0) is 21.1. The predicted octanol–water partition coefficient (Wildman–Crippen LogP) is 4.54. The largest absolute Gasteiger partial charge is 0.371 e. The van der Waals surface area contributed by atoms with Crippen molar-refractivity contribution >= 4 is 23.2 Å². The molecule has 2 heterocycles. The summed E-state index contributed by atoms with van der Waals surface area (Å²) < 4.78 is 0. The lowest BCUT2D eigenvalue weighted by Gasteiger charge is -2.33. The number of amides is 2. The molecule has 0 aromatic heterocycles. The van der Waals surface area contributed by atoms with Gasteiger partial charge in [0, 0.05) is 43.0 Å². The fraction of sp³-hybridized carbons (Fsp3) is 0.440. The lowest BCUT2D eigenvalue weighted by molar-refractivity contribution is -0.117. The third-order valence-electron chi connectivity index (χ3n) is 6.28. The first kappa shape index (κ1) is 20.5. The summed E-state index contributed by atoms with van der Waals surface area (Å²) in [6.45, 7) is 7.31. The number of nitrogens with one attached hydrogen (secondary N) is 1. The molecule has 2 aromatic rings. The van der Waals surface area contributed by atoms with Gasteiger partial charge in [-0.3, -0.25) is 9.59 Å². The molecule has 1 N–H and O–H groups in total. The van der Waals surface area contributed by atoms with Crippen LogP contribution < -0.4 is 15.1 Å². The zero-order valence-electron chi connectivity index (χ0n) is 17.9. The summed E-state index contributed by atoms with van der Waals surface area (Å²) in [6, 6.07) is 15.8. The summed E-state index contributed by atoms with van der Waals surface area (Å²) in [5, 5.41) is 3.08. The normalized spacial score (nSPS) is 20.3. The van der Waals surface area contributed by atoms with Crippen molar-refractivity contribution in [3.8, 4) is 0 Å². The molecule has 0 unspecified atom stereocenters. The summed E-state index contributed by atoms with van der Waals surface area (Å²) >= 11 is 0. The van der Waals surface area contributed by atoms with Crippen LogP contribution in [0.1, 0.15) is 61.5 Å². The van der Waals surface area contributed by atoms with Crippen molar-refractivity contribution in [1.29, 1.82) is 0 Å². The molecular weight excluding hydrogens is 374 g/mol. The molecule has 0 spiro atoms. The van der Waals surface area contributed by atoms with Gasteiger partial charge in [-0.25, -0.2) is 0 Å². The van der Waals surface area contributed by atoms with Crippen LogP contribution in [-0.2, 0) is 4.79 Å². The predicted molar refractivity (Wildman–Crippen MR) is 121 cm³/mol. The average Bonchev–Trinajstić information content (AvgIpc) is 3.20. The molecular formula is C25H31N3O2. The molecule has 0 saturated carbocycles. The number of hydrogen-bond acceptors (Lipinski definition) is 3. The van der Waals surface area contributed by atoms with E-state index in [1.54, 1.807) is 17.0 Å². The van der Waals surface area contributed by atoms with Crippen molar-refractivity contribution in [1.82, 2.24) is 5.32 Å². The maximum atomic E-state index is 12.7. The van der Waals surface area contributed by atoms with Gasteiger partial charge in [0.2, 0.25) is 5.91 Å². The van der Waals surface area contributed by atoms with Gasteiger partial charge in [0.25, 0.3) is 5.91 Å². The first-order valence-electron chi connectivity index (χ1n) is 11.1. The molecule has 5 heteroatoms. The van der Waals surface area contributed by atoms with Crippen LogP contribution in [0.3, 0.4) is 0 Å². The molecule has 5 nitrogen and oxygen atoms in total. The lowest BCUT2D eigenvalue weighted by Crippen LogP contribution is -2.34. The second kappa shape index (κ2) is 8.90. The number of hydrogen-bond donors (Lipinski definition) is 1. The molecule has 158 valence electrons. The van der Waals surface area contributed by atoms with Gasteiger partial charge in [0.1, 0.15) is 0 Å². The third kappa shape index (κ3) is 4.50. The van der Waals surface area contributed by atoms with Gasteiger partial charge in [0.15, 0.2) is 0 Å². The van der Waals surface area contributed by atoms with Gasteiger partial charge in [-0.05, 0) is 74.1 Å². The maximum Gasteiger partial charge on any atom is 0.251 e. The van der Waals surface area contributed by atoms with Crippen LogP contribution in [0, 0.1) is 5.92 Å². The molecule has 2 amide bonds. The number of nitrogens with zero attached hydrogens (tertiary/aromatic N) is 2. The molecule has 0 bridgehead atoms. The Bertz CT molecular complexity index is 892. The van der Waals surface area contributed by atoms with Crippen molar-refractivity contribution in [2.75, 3.05) is 29.4 Å². The summed E-state index contributed by atoms with van der Waals surface area (Å²) in [6.07, 6.45) is 4.07. The topological polar surface area (TPSA) is 52.7 Å². The second-order valence-electron chi connectivity index (χ2n) is 8.68. The van der Waals surface area contributed by atoms with E-state index in [1.807, 2.05) is 19.1 Å². The van der Waals surface area contributed by atoms with Gasteiger partial charge in [0.05, 0.1) is 6.04 Å². The highest BCUT2D eigenvalue weighted by atomic mass is 16.2. The van der Waals surface area contributed by atoms with Crippen molar-refractivity contribution in [2.45, 2.75) is 45.6 Å². The van der Waals surface area contributed by atoms with Gasteiger partial charge in [-0.1, -0.05) is 19.1 Å².